The Bertz CT molecular complexity index is 325. The predicted molar refractivity (Wildman–Crippen MR) is 78.3 cm³/mol. The standard InChI is InChI=1S/C15H28N2O3/c1-11(2)14(15(19)20-4)16-10-13(18)17(3)12-8-6-5-7-9-12/h11-12,14,16H,5-10H2,1-4H3. The van der Waals surface area contributed by atoms with Gasteiger partial charge in [0.05, 0.1) is 13.7 Å². The summed E-state index contributed by atoms with van der Waals surface area (Å²) in [5, 5.41) is 3.02. The van der Waals surface area contributed by atoms with Gasteiger partial charge in [-0.1, -0.05) is 33.1 Å². The van der Waals surface area contributed by atoms with Gasteiger partial charge in [-0.15, -0.1) is 0 Å². The first-order valence-corrected chi connectivity index (χ1v) is 7.54. The molecule has 0 bridgehead atoms. The fraction of sp³-hybridized carbons (Fsp3) is 0.867. The Morgan fingerprint density at radius 1 is 1.25 bits per heavy atom. The Kier molecular flexibility index (Phi) is 6.99. The average Bonchev–Trinajstić information content (AvgIpc) is 2.46. The Hall–Kier alpha value is -1.10. The highest BCUT2D eigenvalue weighted by Gasteiger charge is 2.26. The van der Waals surface area contributed by atoms with Gasteiger partial charge in [0.25, 0.3) is 0 Å². The molecule has 116 valence electrons. The van der Waals surface area contributed by atoms with Gasteiger partial charge < -0.3 is 9.64 Å². The van der Waals surface area contributed by atoms with Gasteiger partial charge in [-0.3, -0.25) is 14.9 Å². The van der Waals surface area contributed by atoms with Gasteiger partial charge in [0.15, 0.2) is 0 Å². The number of nitrogens with zero attached hydrogens (tertiary/aromatic N) is 1. The lowest BCUT2D eigenvalue weighted by Crippen LogP contribution is -2.48. The van der Waals surface area contributed by atoms with Crippen LogP contribution in [0, 0.1) is 5.92 Å². The minimum atomic E-state index is -0.427. The summed E-state index contributed by atoms with van der Waals surface area (Å²) >= 11 is 0. The summed E-state index contributed by atoms with van der Waals surface area (Å²) in [5.41, 5.74) is 0. The predicted octanol–water partition coefficient (Wildman–Crippen LogP) is 1.56. The molecule has 0 saturated heterocycles. The van der Waals surface area contributed by atoms with E-state index in [1.807, 2.05) is 25.8 Å². The highest BCUT2D eigenvalue weighted by Crippen LogP contribution is 2.21. The average molecular weight is 284 g/mol. The Morgan fingerprint density at radius 2 is 1.85 bits per heavy atom. The molecule has 1 N–H and O–H groups in total. The van der Waals surface area contributed by atoms with Crippen LogP contribution in [-0.2, 0) is 14.3 Å². The van der Waals surface area contributed by atoms with Gasteiger partial charge in [0.1, 0.15) is 6.04 Å². The number of hydrogen-bond acceptors (Lipinski definition) is 4. The molecule has 1 amide bonds. The Balaban J connectivity index is 2.45. The summed E-state index contributed by atoms with van der Waals surface area (Å²) < 4.78 is 4.76. The van der Waals surface area contributed by atoms with Crippen molar-refractivity contribution >= 4 is 11.9 Å². The number of ether oxygens (including phenoxy) is 1. The molecule has 1 saturated carbocycles. The molecule has 1 fully saturated rings. The van der Waals surface area contributed by atoms with Crippen molar-refractivity contribution in [1.82, 2.24) is 10.2 Å². The third-order valence-electron chi connectivity index (χ3n) is 4.11. The minimum absolute atomic E-state index is 0.0476. The number of rotatable bonds is 6. The van der Waals surface area contributed by atoms with Crippen LogP contribution in [0.2, 0.25) is 0 Å². The minimum Gasteiger partial charge on any atom is -0.468 e. The number of likely N-dealkylation sites (N-methyl/N-ethyl adjacent to an activating group) is 1. The van der Waals surface area contributed by atoms with Crippen molar-refractivity contribution in [2.24, 2.45) is 5.92 Å². The number of amides is 1. The van der Waals surface area contributed by atoms with Crippen LogP contribution < -0.4 is 5.32 Å². The van der Waals surface area contributed by atoms with E-state index in [0.717, 1.165) is 12.8 Å². The zero-order valence-electron chi connectivity index (χ0n) is 13.1. The highest BCUT2D eigenvalue weighted by atomic mass is 16.5. The summed E-state index contributed by atoms with van der Waals surface area (Å²) in [6.07, 6.45) is 5.85. The molecular formula is C15H28N2O3. The molecular weight excluding hydrogens is 256 g/mol. The Morgan fingerprint density at radius 3 is 2.35 bits per heavy atom. The van der Waals surface area contributed by atoms with Crippen LogP contribution in [-0.4, -0.2) is 49.6 Å². The fourth-order valence-corrected chi connectivity index (χ4v) is 2.71. The van der Waals surface area contributed by atoms with Gasteiger partial charge in [0.2, 0.25) is 5.91 Å². The normalized spacial score (nSPS) is 17.9. The van der Waals surface area contributed by atoms with Gasteiger partial charge in [-0.2, -0.15) is 0 Å². The number of hydrogen-bond donors (Lipinski definition) is 1. The van der Waals surface area contributed by atoms with Crippen molar-refractivity contribution in [3.8, 4) is 0 Å². The topological polar surface area (TPSA) is 58.6 Å². The van der Waals surface area contributed by atoms with Crippen molar-refractivity contribution in [1.29, 1.82) is 0 Å². The van der Waals surface area contributed by atoms with Crippen LogP contribution in [0.4, 0.5) is 0 Å². The first kappa shape index (κ1) is 17.0. The number of carbonyl (C=O) groups excluding carboxylic acids is 2. The van der Waals surface area contributed by atoms with Crippen LogP contribution in [0.15, 0.2) is 0 Å². The van der Waals surface area contributed by atoms with Crippen LogP contribution in [0.5, 0.6) is 0 Å². The molecule has 0 radical (unpaired) electrons. The number of nitrogens with one attached hydrogen (secondary N) is 1. The second kappa shape index (κ2) is 8.25. The zero-order valence-corrected chi connectivity index (χ0v) is 13.1. The highest BCUT2D eigenvalue weighted by molar-refractivity contribution is 5.80. The van der Waals surface area contributed by atoms with Crippen LogP contribution >= 0.6 is 0 Å². The van der Waals surface area contributed by atoms with E-state index in [0.29, 0.717) is 6.04 Å². The Labute approximate surface area is 122 Å². The number of methoxy groups -OCH3 is 1. The van der Waals surface area contributed by atoms with Crippen molar-refractivity contribution in [3.05, 3.63) is 0 Å². The van der Waals surface area contributed by atoms with Gasteiger partial charge in [-0.05, 0) is 18.8 Å². The third kappa shape index (κ3) is 4.78. The molecule has 0 spiro atoms. The SMILES string of the molecule is COC(=O)C(NCC(=O)N(C)C1CCCCC1)C(C)C. The molecule has 1 atom stereocenters. The molecule has 20 heavy (non-hydrogen) atoms. The summed E-state index contributed by atoms with van der Waals surface area (Å²) in [6.45, 7) is 4.05. The van der Waals surface area contributed by atoms with Gasteiger partial charge >= 0.3 is 5.97 Å². The molecule has 0 aromatic heterocycles. The van der Waals surface area contributed by atoms with Crippen LogP contribution in [0.1, 0.15) is 46.0 Å². The van der Waals surface area contributed by atoms with E-state index in [4.69, 9.17) is 4.74 Å². The van der Waals surface area contributed by atoms with Crippen LogP contribution in [0.3, 0.4) is 0 Å². The van der Waals surface area contributed by atoms with E-state index in [1.165, 1.54) is 26.4 Å². The van der Waals surface area contributed by atoms with Gasteiger partial charge in [-0.25, -0.2) is 0 Å². The second-order valence-corrected chi connectivity index (χ2v) is 5.92. The monoisotopic (exact) mass is 284 g/mol. The molecule has 0 aromatic carbocycles. The molecule has 0 aliphatic heterocycles. The summed E-state index contributed by atoms with van der Waals surface area (Å²) in [7, 11) is 3.23. The number of esters is 1. The maximum atomic E-state index is 12.2. The van der Waals surface area contributed by atoms with Crippen LogP contribution in [0.25, 0.3) is 0 Å². The first-order valence-electron chi connectivity index (χ1n) is 7.54. The van der Waals surface area contributed by atoms with E-state index >= 15 is 0 Å². The van der Waals surface area contributed by atoms with E-state index in [9.17, 15) is 9.59 Å². The molecule has 5 nitrogen and oxygen atoms in total. The smallest absolute Gasteiger partial charge is 0.323 e. The van der Waals surface area contributed by atoms with E-state index in [2.05, 4.69) is 5.32 Å². The lowest BCUT2D eigenvalue weighted by Gasteiger charge is -2.32. The van der Waals surface area contributed by atoms with E-state index in [-0.39, 0.29) is 24.3 Å². The summed E-state index contributed by atoms with van der Waals surface area (Å²) in [4.78, 5) is 25.7. The maximum Gasteiger partial charge on any atom is 0.323 e. The molecule has 1 aliphatic carbocycles. The van der Waals surface area contributed by atoms with E-state index < -0.39 is 6.04 Å². The van der Waals surface area contributed by atoms with E-state index in [1.54, 1.807) is 0 Å². The lowest BCUT2D eigenvalue weighted by molar-refractivity contribution is -0.144. The first-order chi connectivity index (χ1) is 9.47. The maximum absolute atomic E-state index is 12.2. The van der Waals surface area contributed by atoms with Gasteiger partial charge in [0, 0.05) is 13.1 Å². The quantitative estimate of drug-likeness (QED) is 0.752. The second-order valence-electron chi connectivity index (χ2n) is 5.92. The molecule has 1 unspecified atom stereocenters. The van der Waals surface area contributed by atoms with Crippen molar-refractivity contribution in [2.75, 3.05) is 20.7 Å². The molecule has 1 rings (SSSR count). The molecule has 5 heteroatoms. The largest absolute Gasteiger partial charge is 0.468 e. The molecule has 0 aromatic rings. The van der Waals surface area contributed by atoms with Crippen molar-refractivity contribution in [2.45, 2.75) is 58.0 Å². The third-order valence-corrected chi connectivity index (χ3v) is 4.11. The van der Waals surface area contributed by atoms with Crippen molar-refractivity contribution in [3.63, 3.8) is 0 Å². The fourth-order valence-electron chi connectivity index (χ4n) is 2.71. The molecule has 0 heterocycles. The lowest BCUT2D eigenvalue weighted by atomic mass is 9.94. The number of carbonyl (C=O) groups is 2. The molecule has 1 aliphatic rings. The summed E-state index contributed by atoms with van der Waals surface area (Å²) in [6, 6.07) is -0.0719. The van der Waals surface area contributed by atoms with Crippen molar-refractivity contribution < 1.29 is 14.3 Å². The zero-order chi connectivity index (χ0) is 15.1. The summed E-state index contributed by atoms with van der Waals surface area (Å²) in [5.74, 6) is -0.171.